The lowest BCUT2D eigenvalue weighted by Gasteiger charge is -2.16. The lowest BCUT2D eigenvalue weighted by Crippen LogP contribution is -2.34. The van der Waals surface area contributed by atoms with Gasteiger partial charge in [-0.2, -0.15) is 0 Å². The van der Waals surface area contributed by atoms with Crippen LogP contribution in [0.4, 0.5) is 0 Å². The molecule has 1 aliphatic carbocycles. The molecule has 0 atom stereocenters. The summed E-state index contributed by atoms with van der Waals surface area (Å²) in [4.78, 5) is 28.6. The van der Waals surface area contributed by atoms with Gasteiger partial charge in [-0.15, -0.1) is 0 Å². The van der Waals surface area contributed by atoms with Crippen molar-refractivity contribution in [1.29, 1.82) is 0 Å². The average Bonchev–Trinajstić information content (AvgIpc) is 3.07. The molecule has 7 heteroatoms. The summed E-state index contributed by atoms with van der Waals surface area (Å²) in [5.41, 5.74) is 0.899. The monoisotopic (exact) mass is 397 g/mol. The van der Waals surface area contributed by atoms with Gasteiger partial charge in [0.15, 0.2) is 4.77 Å². The number of rotatable bonds is 4. The number of aromatic amines is 1. The van der Waals surface area contributed by atoms with Gasteiger partial charge in [0, 0.05) is 11.6 Å². The molecule has 0 radical (unpaired) electrons. The van der Waals surface area contributed by atoms with Crippen LogP contribution in [0.3, 0.4) is 0 Å². The highest BCUT2D eigenvalue weighted by Gasteiger charge is 2.17. The van der Waals surface area contributed by atoms with Gasteiger partial charge in [0.1, 0.15) is 5.76 Å². The summed E-state index contributed by atoms with van der Waals surface area (Å²) in [6, 6.07) is 8.88. The maximum Gasteiger partial charge on any atom is 0.262 e. The van der Waals surface area contributed by atoms with Crippen LogP contribution in [0.2, 0.25) is 0 Å². The molecule has 2 aromatic heterocycles. The van der Waals surface area contributed by atoms with Crippen LogP contribution in [0.25, 0.3) is 10.9 Å². The Morgan fingerprint density at radius 3 is 2.71 bits per heavy atom. The molecule has 4 rings (SSSR count). The van der Waals surface area contributed by atoms with Crippen LogP contribution in [-0.4, -0.2) is 21.5 Å². The largest absolute Gasteiger partial charge is 0.467 e. The summed E-state index contributed by atoms with van der Waals surface area (Å²) < 4.78 is 7.08. The Morgan fingerprint density at radius 1 is 1.21 bits per heavy atom. The van der Waals surface area contributed by atoms with E-state index in [-0.39, 0.29) is 24.1 Å². The molecular formula is C21H23N3O3S. The van der Waals surface area contributed by atoms with Crippen molar-refractivity contribution in [3.63, 3.8) is 0 Å². The van der Waals surface area contributed by atoms with Crippen molar-refractivity contribution in [3.05, 3.63) is 63.0 Å². The van der Waals surface area contributed by atoms with Crippen LogP contribution in [0, 0.1) is 4.77 Å². The minimum Gasteiger partial charge on any atom is -0.467 e. The molecule has 1 saturated carbocycles. The quantitative estimate of drug-likeness (QED) is 0.512. The van der Waals surface area contributed by atoms with E-state index < -0.39 is 0 Å². The molecule has 6 nitrogen and oxygen atoms in total. The van der Waals surface area contributed by atoms with Gasteiger partial charge in [-0.25, -0.2) is 0 Å². The number of furan rings is 1. The molecule has 3 aromatic rings. The summed E-state index contributed by atoms with van der Waals surface area (Å²) in [5.74, 6) is 0.549. The molecule has 1 fully saturated rings. The summed E-state index contributed by atoms with van der Waals surface area (Å²) in [7, 11) is 0. The second-order valence-electron chi connectivity index (χ2n) is 7.32. The maximum absolute atomic E-state index is 12.8. The summed E-state index contributed by atoms with van der Waals surface area (Å²) >= 11 is 5.36. The number of nitrogens with one attached hydrogen (secondary N) is 2. The van der Waals surface area contributed by atoms with E-state index in [2.05, 4.69) is 10.3 Å². The molecular weight excluding hydrogens is 374 g/mol. The number of H-pyrrole nitrogens is 1. The van der Waals surface area contributed by atoms with Crippen LogP contribution in [-0.2, 0) is 6.54 Å². The third-order valence-corrected chi connectivity index (χ3v) is 5.65. The molecule has 146 valence electrons. The number of fused-ring (bicyclic) bond motifs is 1. The predicted molar refractivity (Wildman–Crippen MR) is 110 cm³/mol. The highest BCUT2D eigenvalue weighted by Crippen LogP contribution is 2.18. The Hall–Kier alpha value is -2.67. The Balaban J connectivity index is 1.61. The zero-order chi connectivity index (χ0) is 19.5. The molecule has 1 aromatic carbocycles. The number of aromatic nitrogens is 2. The first-order valence-electron chi connectivity index (χ1n) is 9.72. The van der Waals surface area contributed by atoms with Gasteiger partial charge in [0.2, 0.25) is 0 Å². The lowest BCUT2D eigenvalue weighted by atomic mass is 10.1. The van der Waals surface area contributed by atoms with Crippen molar-refractivity contribution in [2.45, 2.75) is 51.1 Å². The van der Waals surface area contributed by atoms with Crippen LogP contribution in [0.5, 0.6) is 0 Å². The smallest absolute Gasteiger partial charge is 0.262 e. The second kappa shape index (κ2) is 8.14. The Bertz CT molecular complexity index is 1090. The number of carbonyl (C=O) groups is 1. The molecule has 2 heterocycles. The molecule has 0 unspecified atom stereocenters. The first-order chi connectivity index (χ1) is 13.6. The van der Waals surface area contributed by atoms with Gasteiger partial charge in [-0.3, -0.25) is 14.2 Å². The molecule has 0 spiro atoms. The van der Waals surface area contributed by atoms with E-state index in [1.807, 2.05) is 0 Å². The number of nitrogens with zero attached hydrogens (tertiary/aromatic N) is 1. The van der Waals surface area contributed by atoms with Crippen molar-refractivity contribution in [2.24, 2.45) is 0 Å². The molecule has 1 amide bonds. The van der Waals surface area contributed by atoms with Gasteiger partial charge >= 0.3 is 0 Å². The maximum atomic E-state index is 12.8. The van der Waals surface area contributed by atoms with E-state index >= 15 is 0 Å². The van der Waals surface area contributed by atoms with Crippen molar-refractivity contribution in [3.8, 4) is 0 Å². The van der Waals surface area contributed by atoms with E-state index in [4.69, 9.17) is 16.6 Å². The number of amides is 1. The minimum absolute atomic E-state index is 0.104. The van der Waals surface area contributed by atoms with Crippen LogP contribution in [0.15, 0.2) is 45.8 Å². The lowest BCUT2D eigenvalue weighted by molar-refractivity contribution is 0.0933. The van der Waals surface area contributed by atoms with E-state index in [1.54, 1.807) is 36.6 Å². The van der Waals surface area contributed by atoms with Crippen LogP contribution in [0.1, 0.15) is 54.6 Å². The highest BCUT2D eigenvalue weighted by atomic mass is 32.1. The fourth-order valence-electron chi connectivity index (χ4n) is 3.79. The van der Waals surface area contributed by atoms with Gasteiger partial charge in [0.05, 0.1) is 23.7 Å². The van der Waals surface area contributed by atoms with Gasteiger partial charge < -0.3 is 14.7 Å². The Labute approximate surface area is 167 Å². The van der Waals surface area contributed by atoms with Gasteiger partial charge in [-0.1, -0.05) is 25.7 Å². The third kappa shape index (κ3) is 3.94. The van der Waals surface area contributed by atoms with Crippen molar-refractivity contribution >= 4 is 29.0 Å². The topological polar surface area (TPSA) is 80.0 Å². The molecule has 1 aliphatic rings. The van der Waals surface area contributed by atoms with Gasteiger partial charge in [-0.05, 0) is 55.4 Å². The predicted octanol–water partition coefficient (Wildman–Crippen LogP) is 4.15. The van der Waals surface area contributed by atoms with E-state index in [9.17, 15) is 9.59 Å². The van der Waals surface area contributed by atoms with Crippen molar-refractivity contribution in [2.75, 3.05) is 0 Å². The van der Waals surface area contributed by atoms with E-state index in [1.165, 1.54) is 17.4 Å². The zero-order valence-electron chi connectivity index (χ0n) is 15.6. The number of hydrogen-bond acceptors (Lipinski definition) is 4. The minimum atomic E-state index is -0.203. The third-order valence-electron chi connectivity index (χ3n) is 5.33. The van der Waals surface area contributed by atoms with E-state index in [0.29, 0.717) is 27.0 Å². The summed E-state index contributed by atoms with van der Waals surface area (Å²) in [5, 5.41) is 3.63. The Kier molecular flexibility index (Phi) is 5.43. The molecule has 0 bridgehead atoms. The normalized spacial score (nSPS) is 15.4. The average molecular weight is 398 g/mol. The fraction of sp³-hybridized carbons (Fsp3) is 0.381. The molecule has 28 heavy (non-hydrogen) atoms. The second-order valence-corrected chi connectivity index (χ2v) is 7.71. The zero-order valence-corrected chi connectivity index (χ0v) is 16.4. The molecule has 2 N–H and O–H groups in total. The SMILES string of the molecule is O=C(NC1CCCCCC1)c1ccc2c(=O)n(Cc3ccco3)c(=S)[nH]c2c1. The standard InChI is InChI=1S/C21H23N3O3S/c25-19(22-15-6-3-1-2-4-7-15)14-9-10-17-18(12-14)23-21(28)24(20(17)26)13-16-8-5-11-27-16/h5,8-12,15H,1-4,6-7,13H2,(H,22,25)(H,23,28). The van der Waals surface area contributed by atoms with E-state index in [0.717, 1.165) is 25.7 Å². The first kappa shape index (κ1) is 18.7. The van der Waals surface area contributed by atoms with Crippen LogP contribution >= 0.6 is 12.2 Å². The number of benzene rings is 1. The molecule has 0 aliphatic heterocycles. The van der Waals surface area contributed by atoms with Crippen molar-refractivity contribution in [1.82, 2.24) is 14.9 Å². The summed E-state index contributed by atoms with van der Waals surface area (Å²) in [6.07, 6.45) is 8.41. The Morgan fingerprint density at radius 2 is 2.00 bits per heavy atom. The highest BCUT2D eigenvalue weighted by molar-refractivity contribution is 7.71. The molecule has 0 saturated heterocycles. The van der Waals surface area contributed by atoms with Crippen molar-refractivity contribution < 1.29 is 9.21 Å². The number of carbonyl (C=O) groups excluding carboxylic acids is 1. The van der Waals surface area contributed by atoms with Gasteiger partial charge in [0.25, 0.3) is 11.5 Å². The van der Waals surface area contributed by atoms with Crippen LogP contribution < -0.4 is 10.9 Å². The summed E-state index contributed by atoms with van der Waals surface area (Å²) in [6.45, 7) is 0.265. The number of hydrogen-bond donors (Lipinski definition) is 2. The fourth-order valence-corrected chi connectivity index (χ4v) is 4.05. The first-order valence-corrected chi connectivity index (χ1v) is 10.1.